The van der Waals surface area contributed by atoms with Crippen LogP contribution in [0.25, 0.3) is 0 Å². The normalized spacial score (nSPS) is 23.4. The molecule has 1 unspecified atom stereocenters. The van der Waals surface area contributed by atoms with Crippen molar-refractivity contribution >= 4 is 23.5 Å². The number of carbonyl (C=O) groups excluding carboxylic acids is 4. The number of hydrogen-bond acceptors (Lipinski definition) is 6. The Morgan fingerprint density at radius 2 is 1.66 bits per heavy atom. The van der Waals surface area contributed by atoms with E-state index in [2.05, 4.69) is 41.4 Å². The first-order valence-corrected chi connectivity index (χ1v) is 18.6. The van der Waals surface area contributed by atoms with E-state index in [1.54, 1.807) is 29.1 Å². The van der Waals surface area contributed by atoms with Crippen LogP contribution in [0, 0.1) is 29.5 Å². The molecule has 2 aromatic rings. The van der Waals surface area contributed by atoms with Gasteiger partial charge in [0.25, 0.3) is 5.91 Å². The summed E-state index contributed by atoms with van der Waals surface area (Å²) < 4.78 is 17.5. The van der Waals surface area contributed by atoms with Crippen molar-refractivity contribution in [2.45, 2.75) is 117 Å². The van der Waals surface area contributed by atoms with E-state index in [0.29, 0.717) is 49.3 Å². The van der Waals surface area contributed by atoms with Crippen LogP contribution in [0.2, 0.25) is 0 Å². The smallest absolute Gasteiger partial charge is 0.270 e. The number of Topliss-reactive ketones (excluding diaryl/α,β-unsaturated/α-hetero) is 1. The van der Waals surface area contributed by atoms with Gasteiger partial charge in [0.15, 0.2) is 5.78 Å². The van der Waals surface area contributed by atoms with E-state index in [-0.39, 0.29) is 52.9 Å². The molecule has 1 aromatic carbocycles. The van der Waals surface area contributed by atoms with Gasteiger partial charge in [0.1, 0.15) is 17.6 Å². The van der Waals surface area contributed by atoms with E-state index < -0.39 is 23.8 Å². The molecule has 2 N–H and O–H groups in total. The highest BCUT2D eigenvalue weighted by atomic mass is 19.1. The first kappa shape index (κ1) is 37.7. The average molecular weight is 693 g/mol. The Balaban J connectivity index is 1.34. The van der Waals surface area contributed by atoms with Crippen LogP contribution in [0.3, 0.4) is 0 Å². The predicted octanol–water partition coefficient (Wildman–Crippen LogP) is 4.97. The number of rotatable bonds is 13. The van der Waals surface area contributed by atoms with Gasteiger partial charge < -0.3 is 15.5 Å². The highest BCUT2D eigenvalue weighted by Crippen LogP contribution is 2.37. The zero-order valence-corrected chi connectivity index (χ0v) is 31.0. The number of hydrogen-bond donors (Lipinski definition) is 2. The third-order valence-corrected chi connectivity index (χ3v) is 11.8. The number of benzene rings is 1. The number of amides is 3. The van der Waals surface area contributed by atoms with Crippen molar-refractivity contribution in [2.75, 3.05) is 26.7 Å². The molecule has 5 rings (SSSR count). The summed E-state index contributed by atoms with van der Waals surface area (Å²) in [6.07, 6.45) is 6.99. The molecule has 0 radical (unpaired) electrons. The Hall–Kier alpha value is -3.60. The maximum atomic E-state index is 15.9. The van der Waals surface area contributed by atoms with Crippen molar-refractivity contribution < 1.29 is 23.6 Å². The number of aromatic nitrogens is 2. The summed E-state index contributed by atoms with van der Waals surface area (Å²) >= 11 is 0. The molecule has 50 heavy (non-hydrogen) atoms. The van der Waals surface area contributed by atoms with Crippen LogP contribution in [0.4, 0.5) is 4.39 Å². The highest BCUT2D eigenvalue weighted by Gasteiger charge is 2.41. The molecule has 1 saturated heterocycles. The number of nitrogens with zero attached hydrogens (tertiary/aromatic N) is 4. The molecule has 2 saturated carbocycles. The fourth-order valence-electron chi connectivity index (χ4n) is 7.67. The highest BCUT2D eigenvalue weighted by molar-refractivity contribution is 5.97. The van der Waals surface area contributed by atoms with Crippen LogP contribution >= 0.6 is 0 Å². The third-order valence-electron chi connectivity index (χ3n) is 11.8. The monoisotopic (exact) mass is 692 g/mol. The predicted molar refractivity (Wildman–Crippen MR) is 191 cm³/mol. The summed E-state index contributed by atoms with van der Waals surface area (Å²) in [5, 5.41) is 10.3. The Morgan fingerprint density at radius 3 is 2.28 bits per heavy atom. The Bertz CT molecular complexity index is 1540. The first-order chi connectivity index (χ1) is 23.7. The lowest BCUT2D eigenvalue weighted by Crippen LogP contribution is -2.62. The van der Waals surface area contributed by atoms with E-state index in [1.807, 2.05) is 32.7 Å². The molecule has 2 aliphatic carbocycles. The second kappa shape index (κ2) is 15.7. The standard InChI is InChI=1S/C39H57FN6O4/c1-8-46-32(17-18-41-46)37(49)43-35(28-11-9-24(2)10-12-28)33(47)22-30-16-15-29(21-31(30)40)25(3)34(42-36(48)26(4)27-13-14-27)38(50)45-20-19-44(7)39(5,6)23-45/h15-18,21,24-28,34-35H,8-14,19-20,22-23H2,1-7H3,(H,42,48)(H,43,49)/t24?,25-,26?,28?,34+,35-/m0/s1. The minimum absolute atomic E-state index is 0.0315. The molecular weight excluding hydrogens is 635 g/mol. The number of carbonyl (C=O) groups is 4. The van der Waals surface area contributed by atoms with E-state index in [4.69, 9.17) is 0 Å². The van der Waals surface area contributed by atoms with Crippen molar-refractivity contribution in [3.8, 4) is 0 Å². The number of halogens is 1. The Labute approximate surface area is 296 Å². The van der Waals surface area contributed by atoms with Gasteiger partial charge in [-0.3, -0.25) is 28.8 Å². The third kappa shape index (κ3) is 8.64. The molecule has 11 heteroatoms. The van der Waals surface area contributed by atoms with Crippen molar-refractivity contribution in [1.82, 2.24) is 30.2 Å². The second-order valence-corrected chi connectivity index (χ2v) is 15.9. The van der Waals surface area contributed by atoms with Crippen molar-refractivity contribution in [2.24, 2.45) is 23.7 Å². The molecule has 0 spiro atoms. The number of aryl methyl sites for hydroxylation is 1. The second-order valence-electron chi connectivity index (χ2n) is 15.9. The zero-order valence-electron chi connectivity index (χ0n) is 31.0. The van der Waals surface area contributed by atoms with Crippen LogP contribution < -0.4 is 10.6 Å². The van der Waals surface area contributed by atoms with Crippen LogP contribution in [0.5, 0.6) is 0 Å². The SMILES string of the molecule is CCn1nccc1C(=O)N[C@H](C(=O)Cc1ccc([C@H](C)[C@@H](NC(=O)C(C)C2CC2)C(=O)N2CCN(C)C(C)(C)C2)cc1F)C1CCC(C)CC1. The molecule has 3 amide bonds. The molecule has 0 bridgehead atoms. The van der Waals surface area contributed by atoms with Gasteiger partial charge in [-0.1, -0.05) is 45.7 Å². The number of nitrogens with one attached hydrogen (secondary N) is 2. The fraction of sp³-hybridized carbons (Fsp3) is 0.667. The average Bonchev–Trinajstić information content (AvgIpc) is 3.83. The van der Waals surface area contributed by atoms with Gasteiger partial charge in [0, 0.05) is 56.2 Å². The zero-order chi connectivity index (χ0) is 36.3. The topological polar surface area (TPSA) is 117 Å². The minimum atomic E-state index is -0.861. The summed E-state index contributed by atoms with van der Waals surface area (Å²) in [6, 6.07) is 4.80. The molecule has 1 aromatic heterocycles. The van der Waals surface area contributed by atoms with E-state index >= 15 is 4.39 Å². The maximum absolute atomic E-state index is 15.9. The number of ketones is 1. The lowest BCUT2D eigenvalue weighted by Gasteiger charge is -2.46. The van der Waals surface area contributed by atoms with Gasteiger partial charge in [-0.15, -0.1) is 0 Å². The van der Waals surface area contributed by atoms with Crippen molar-refractivity contribution in [3.05, 3.63) is 53.1 Å². The fourth-order valence-corrected chi connectivity index (χ4v) is 7.67. The number of piperazine rings is 1. The molecule has 3 fully saturated rings. The first-order valence-electron chi connectivity index (χ1n) is 18.6. The summed E-state index contributed by atoms with van der Waals surface area (Å²) in [5.74, 6) is -1.30. The van der Waals surface area contributed by atoms with E-state index in [0.717, 1.165) is 38.5 Å². The van der Waals surface area contributed by atoms with Gasteiger partial charge in [-0.05, 0) is 94.5 Å². The molecule has 1 aliphatic heterocycles. The summed E-state index contributed by atoms with van der Waals surface area (Å²) in [6.45, 7) is 14.4. The van der Waals surface area contributed by atoms with Gasteiger partial charge in [-0.25, -0.2) is 4.39 Å². The maximum Gasteiger partial charge on any atom is 0.270 e. The molecule has 274 valence electrons. The van der Waals surface area contributed by atoms with Crippen molar-refractivity contribution in [1.29, 1.82) is 0 Å². The van der Waals surface area contributed by atoms with Crippen LogP contribution in [0.15, 0.2) is 30.5 Å². The van der Waals surface area contributed by atoms with Gasteiger partial charge in [0.05, 0.1) is 6.04 Å². The lowest BCUT2D eigenvalue weighted by molar-refractivity contribution is -0.141. The van der Waals surface area contributed by atoms with Gasteiger partial charge >= 0.3 is 0 Å². The van der Waals surface area contributed by atoms with E-state index in [1.165, 1.54) is 6.07 Å². The molecule has 10 nitrogen and oxygen atoms in total. The van der Waals surface area contributed by atoms with Crippen LogP contribution in [-0.4, -0.2) is 87.4 Å². The molecule has 4 atom stereocenters. The lowest BCUT2D eigenvalue weighted by atomic mass is 9.77. The van der Waals surface area contributed by atoms with Crippen LogP contribution in [0.1, 0.15) is 108 Å². The number of likely N-dealkylation sites (N-methyl/N-ethyl adjacent to an activating group) is 1. The minimum Gasteiger partial charge on any atom is -0.343 e. The summed E-state index contributed by atoms with van der Waals surface area (Å²) in [4.78, 5) is 58.8. The van der Waals surface area contributed by atoms with E-state index in [9.17, 15) is 19.2 Å². The Kier molecular flexibility index (Phi) is 11.9. The quantitative estimate of drug-likeness (QED) is 0.307. The molecular formula is C39H57FN6O4. The van der Waals surface area contributed by atoms with Gasteiger partial charge in [0.2, 0.25) is 11.8 Å². The molecule has 3 aliphatic rings. The van der Waals surface area contributed by atoms with Crippen LogP contribution in [-0.2, 0) is 27.3 Å². The summed E-state index contributed by atoms with van der Waals surface area (Å²) in [5.41, 5.74) is 0.978. The summed E-state index contributed by atoms with van der Waals surface area (Å²) in [7, 11) is 2.05. The van der Waals surface area contributed by atoms with Gasteiger partial charge in [-0.2, -0.15) is 5.10 Å². The molecule has 2 heterocycles. The largest absolute Gasteiger partial charge is 0.343 e. The Morgan fingerprint density at radius 1 is 0.980 bits per heavy atom. The van der Waals surface area contributed by atoms with Crippen molar-refractivity contribution in [3.63, 3.8) is 0 Å².